The Balaban J connectivity index is 2.35. The Morgan fingerprint density at radius 1 is 1.38 bits per heavy atom. The summed E-state index contributed by atoms with van der Waals surface area (Å²) in [4.78, 5) is 25.4. The molecule has 0 saturated heterocycles. The average Bonchev–Trinajstić information content (AvgIpc) is 3.18. The molecule has 0 saturated carbocycles. The van der Waals surface area contributed by atoms with Crippen LogP contribution < -0.4 is 5.56 Å². The van der Waals surface area contributed by atoms with Crippen LogP contribution in [0.4, 0.5) is 0 Å². The maximum absolute atomic E-state index is 12.9. The van der Waals surface area contributed by atoms with Gasteiger partial charge < -0.3 is 4.74 Å². The molecular formula is C16H18N4O3S. The molecule has 3 aromatic rings. The Labute approximate surface area is 142 Å². The Morgan fingerprint density at radius 2 is 2.12 bits per heavy atom. The van der Waals surface area contributed by atoms with Gasteiger partial charge in [-0.2, -0.15) is 10.2 Å². The predicted molar refractivity (Wildman–Crippen MR) is 92.1 cm³/mol. The van der Waals surface area contributed by atoms with Crippen molar-refractivity contribution in [3.05, 3.63) is 34.1 Å². The van der Waals surface area contributed by atoms with Crippen LogP contribution in [0.1, 0.15) is 20.8 Å². The number of aromatic nitrogens is 4. The van der Waals surface area contributed by atoms with E-state index in [1.54, 1.807) is 10.9 Å². The largest absolute Gasteiger partial charge is 0.468 e. The van der Waals surface area contributed by atoms with Crippen molar-refractivity contribution in [2.45, 2.75) is 32.9 Å². The first kappa shape index (κ1) is 16.4. The van der Waals surface area contributed by atoms with Crippen molar-refractivity contribution in [2.75, 3.05) is 7.11 Å². The third-order valence-corrected chi connectivity index (χ3v) is 4.46. The van der Waals surface area contributed by atoms with E-state index in [-0.39, 0.29) is 17.6 Å². The normalized spacial score (nSPS) is 11.8. The maximum atomic E-state index is 12.9. The number of thiophene rings is 1. The summed E-state index contributed by atoms with van der Waals surface area (Å²) in [5, 5.41) is 11.4. The lowest BCUT2D eigenvalue weighted by molar-refractivity contribution is -0.141. The zero-order valence-corrected chi connectivity index (χ0v) is 14.8. The second kappa shape index (κ2) is 5.86. The van der Waals surface area contributed by atoms with Crippen molar-refractivity contribution in [1.82, 2.24) is 19.6 Å². The first-order valence-corrected chi connectivity index (χ1v) is 8.31. The fraction of sp³-hybridized carbons (Fsp3) is 0.375. The molecule has 0 aliphatic carbocycles. The monoisotopic (exact) mass is 346 g/mol. The van der Waals surface area contributed by atoms with E-state index in [0.29, 0.717) is 16.6 Å². The summed E-state index contributed by atoms with van der Waals surface area (Å²) < 4.78 is 7.50. The minimum absolute atomic E-state index is 0.237. The van der Waals surface area contributed by atoms with Gasteiger partial charge in [-0.3, -0.25) is 14.3 Å². The fourth-order valence-electron chi connectivity index (χ4n) is 2.47. The lowest BCUT2D eigenvalue weighted by Crippen LogP contribution is -2.32. The van der Waals surface area contributed by atoms with E-state index < -0.39 is 5.97 Å². The summed E-state index contributed by atoms with van der Waals surface area (Å²) in [6.45, 7) is 5.66. The number of carbonyl (C=O) groups excluding carboxylic acids is 1. The van der Waals surface area contributed by atoms with Gasteiger partial charge in [-0.25, -0.2) is 4.68 Å². The first-order chi connectivity index (χ1) is 11.3. The van der Waals surface area contributed by atoms with Crippen molar-refractivity contribution in [3.63, 3.8) is 0 Å². The molecule has 0 bridgehead atoms. The third kappa shape index (κ3) is 2.73. The van der Waals surface area contributed by atoms with E-state index in [4.69, 9.17) is 0 Å². The Bertz CT molecular complexity index is 948. The molecule has 0 atom stereocenters. The van der Waals surface area contributed by atoms with Gasteiger partial charge in [0.2, 0.25) is 0 Å². The molecule has 0 aromatic carbocycles. The second-order valence-electron chi connectivity index (χ2n) is 6.35. The zero-order chi connectivity index (χ0) is 17.5. The van der Waals surface area contributed by atoms with E-state index in [2.05, 4.69) is 14.9 Å². The highest BCUT2D eigenvalue weighted by molar-refractivity contribution is 7.13. The van der Waals surface area contributed by atoms with Gasteiger partial charge in [0, 0.05) is 0 Å². The van der Waals surface area contributed by atoms with Gasteiger partial charge in [0.15, 0.2) is 0 Å². The molecule has 24 heavy (non-hydrogen) atoms. The van der Waals surface area contributed by atoms with Crippen molar-refractivity contribution >= 4 is 28.2 Å². The second-order valence-corrected chi connectivity index (χ2v) is 7.30. The van der Waals surface area contributed by atoms with Gasteiger partial charge in [-0.15, -0.1) is 11.3 Å². The maximum Gasteiger partial charge on any atom is 0.327 e. The molecule has 126 valence electrons. The van der Waals surface area contributed by atoms with Gasteiger partial charge in [0.25, 0.3) is 5.56 Å². The molecule has 0 aliphatic rings. The molecule has 3 heterocycles. The van der Waals surface area contributed by atoms with Gasteiger partial charge >= 0.3 is 5.97 Å². The minimum atomic E-state index is -0.525. The van der Waals surface area contributed by atoms with Crippen molar-refractivity contribution in [1.29, 1.82) is 0 Å². The van der Waals surface area contributed by atoms with E-state index >= 15 is 0 Å². The number of ether oxygens (including phenoxy) is 1. The van der Waals surface area contributed by atoms with Gasteiger partial charge in [-0.1, -0.05) is 6.07 Å². The Kier molecular flexibility index (Phi) is 4.00. The summed E-state index contributed by atoms with van der Waals surface area (Å²) in [7, 11) is 1.28. The topological polar surface area (TPSA) is 79.0 Å². The summed E-state index contributed by atoms with van der Waals surface area (Å²) >= 11 is 1.52. The van der Waals surface area contributed by atoms with Crippen LogP contribution in [-0.2, 0) is 21.6 Å². The van der Waals surface area contributed by atoms with Crippen LogP contribution in [0.2, 0.25) is 0 Å². The van der Waals surface area contributed by atoms with E-state index in [0.717, 1.165) is 9.56 Å². The standard InChI is InChI=1S/C16H18N4O3S/c1-16(2,3)20-14-10(8-17-20)13(11-6-5-7-24-11)18-19(15(14)22)9-12(21)23-4/h5-8H,9H2,1-4H3. The van der Waals surface area contributed by atoms with E-state index in [1.807, 2.05) is 38.3 Å². The van der Waals surface area contributed by atoms with Crippen LogP contribution >= 0.6 is 11.3 Å². The number of carbonyl (C=O) groups is 1. The third-order valence-electron chi connectivity index (χ3n) is 3.58. The van der Waals surface area contributed by atoms with Crippen LogP contribution in [0.3, 0.4) is 0 Å². The summed E-state index contributed by atoms with van der Waals surface area (Å²) in [6.07, 6.45) is 1.66. The van der Waals surface area contributed by atoms with Gasteiger partial charge in [0.1, 0.15) is 17.8 Å². The van der Waals surface area contributed by atoms with Crippen LogP contribution in [0, 0.1) is 0 Å². The number of fused-ring (bicyclic) bond motifs is 1. The number of nitrogens with zero attached hydrogens (tertiary/aromatic N) is 4. The smallest absolute Gasteiger partial charge is 0.327 e. The molecular weight excluding hydrogens is 328 g/mol. The van der Waals surface area contributed by atoms with Crippen molar-refractivity contribution < 1.29 is 9.53 Å². The number of hydrogen-bond donors (Lipinski definition) is 0. The molecule has 3 aromatic heterocycles. The van der Waals surface area contributed by atoms with Crippen LogP contribution in [0.5, 0.6) is 0 Å². The molecule has 0 aliphatic heterocycles. The SMILES string of the molecule is COC(=O)Cn1nc(-c2cccs2)c2cnn(C(C)(C)C)c2c1=O. The van der Waals surface area contributed by atoms with Crippen molar-refractivity contribution in [2.24, 2.45) is 0 Å². The molecule has 0 unspecified atom stereocenters. The fourth-order valence-corrected chi connectivity index (χ4v) is 3.19. The lowest BCUT2D eigenvalue weighted by atomic mass is 10.1. The molecule has 8 heteroatoms. The average molecular weight is 346 g/mol. The van der Waals surface area contributed by atoms with E-state index in [9.17, 15) is 9.59 Å². The number of hydrogen-bond acceptors (Lipinski definition) is 6. The molecule has 3 rings (SSSR count). The van der Waals surface area contributed by atoms with Gasteiger partial charge in [-0.05, 0) is 32.2 Å². The van der Waals surface area contributed by atoms with E-state index in [1.165, 1.54) is 18.4 Å². The number of rotatable bonds is 3. The van der Waals surface area contributed by atoms with Gasteiger partial charge in [0.05, 0.1) is 29.1 Å². The number of methoxy groups -OCH3 is 1. The minimum Gasteiger partial charge on any atom is -0.468 e. The molecule has 0 amide bonds. The van der Waals surface area contributed by atoms with Crippen LogP contribution in [0.25, 0.3) is 21.5 Å². The predicted octanol–water partition coefficient (Wildman–Crippen LogP) is 2.25. The molecule has 0 spiro atoms. The number of esters is 1. The van der Waals surface area contributed by atoms with Crippen LogP contribution in [0.15, 0.2) is 28.5 Å². The molecule has 7 nitrogen and oxygen atoms in total. The highest BCUT2D eigenvalue weighted by atomic mass is 32.1. The Morgan fingerprint density at radius 3 is 2.71 bits per heavy atom. The van der Waals surface area contributed by atoms with Crippen molar-refractivity contribution in [3.8, 4) is 10.6 Å². The zero-order valence-electron chi connectivity index (χ0n) is 13.9. The summed E-state index contributed by atoms with van der Waals surface area (Å²) in [5.74, 6) is -0.525. The quantitative estimate of drug-likeness (QED) is 0.680. The first-order valence-electron chi connectivity index (χ1n) is 7.43. The molecule has 0 radical (unpaired) electrons. The van der Waals surface area contributed by atoms with Crippen LogP contribution in [-0.4, -0.2) is 32.6 Å². The summed E-state index contributed by atoms with van der Waals surface area (Å²) in [5.41, 5.74) is 0.338. The summed E-state index contributed by atoms with van der Waals surface area (Å²) in [6, 6.07) is 3.84. The molecule has 0 N–H and O–H groups in total. The highest BCUT2D eigenvalue weighted by Crippen LogP contribution is 2.30. The Hall–Kier alpha value is -2.48. The highest BCUT2D eigenvalue weighted by Gasteiger charge is 2.24. The lowest BCUT2D eigenvalue weighted by Gasteiger charge is -2.20. The molecule has 0 fully saturated rings.